The van der Waals surface area contributed by atoms with Crippen LogP contribution in [0.15, 0.2) is 60.0 Å². The fourth-order valence-corrected chi connectivity index (χ4v) is 3.79. The first-order chi connectivity index (χ1) is 10.3. The second-order valence-electron chi connectivity index (χ2n) is 5.02. The number of likely N-dealkylation sites (N-methyl/N-ethyl adjacent to an activating group) is 1. The van der Waals surface area contributed by atoms with E-state index < -0.39 is 0 Å². The molecule has 2 nitrogen and oxygen atoms in total. The number of hydrogen-bond acceptors (Lipinski definition) is 3. The van der Waals surface area contributed by atoms with Crippen LogP contribution in [0.25, 0.3) is 10.1 Å². The lowest BCUT2D eigenvalue weighted by Crippen LogP contribution is -2.25. The van der Waals surface area contributed by atoms with Crippen molar-refractivity contribution in [1.29, 1.82) is 0 Å². The number of hydrogen-bond donors (Lipinski definition) is 1. The number of benzene rings is 2. The highest BCUT2D eigenvalue weighted by molar-refractivity contribution is 7.17. The van der Waals surface area contributed by atoms with Gasteiger partial charge in [0.15, 0.2) is 0 Å². The molecule has 0 aliphatic carbocycles. The molecule has 108 valence electrons. The summed E-state index contributed by atoms with van der Waals surface area (Å²) in [4.78, 5) is 0. The van der Waals surface area contributed by atoms with E-state index >= 15 is 0 Å². The van der Waals surface area contributed by atoms with Crippen LogP contribution < -0.4 is 5.32 Å². The summed E-state index contributed by atoms with van der Waals surface area (Å²) in [5.41, 5.74) is 2.48. The molecule has 2 unspecified atom stereocenters. The van der Waals surface area contributed by atoms with E-state index in [2.05, 4.69) is 59.2 Å². The van der Waals surface area contributed by atoms with Crippen molar-refractivity contribution in [3.8, 4) is 0 Å². The largest absolute Gasteiger partial charge is 0.375 e. The normalized spacial score (nSPS) is 14.2. The maximum Gasteiger partial charge on any atom is 0.102 e. The summed E-state index contributed by atoms with van der Waals surface area (Å²) < 4.78 is 7.14. The molecular formula is C18H19NOS. The lowest BCUT2D eigenvalue weighted by Gasteiger charge is -2.27. The van der Waals surface area contributed by atoms with Crippen molar-refractivity contribution in [3.05, 3.63) is 71.1 Å². The van der Waals surface area contributed by atoms with Crippen molar-refractivity contribution in [2.75, 3.05) is 14.2 Å². The molecule has 0 saturated heterocycles. The monoisotopic (exact) mass is 297 g/mol. The van der Waals surface area contributed by atoms with Gasteiger partial charge in [-0.3, -0.25) is 0 Å². The molecule has 0 bridgehead atoms. The Morgan fingerprint density at radius 3 is 2.52 bits per heavy atom. The van der Waals surface area contributed by atoms with Crippen molar-refractivity contribution in [2.24, 2.45) is 0 Å². The Labute approximate surface area is 129 Å². The molecule has 0 saturated carbocycles. The zero-order valence-corrected chi connectivity index (χ0v) is 13.1. The number of methoxy groups -OCH3 is 1. The Morgan fingerprint density at radius 2 is 1.81 bits per heavy atom. The first kappa shape index (κ1) is 14.3. The molecular weight excluding hydrogens is 278 g/mol. The number of ether oxygens (including phenoxy) is 1. The smallest absolute Gasteiger partial charge is 0.102 e. The van der Waals surface area contributed by atoms with Crippen molar-refractivity contribution >= 4 is 21.4 Å². The van der Waals surface area contributed by atoms with Crippen LogP contribution in [0.1, 0.15) is 23.3 Å². The Bertz CT molecular complexity index is 707. The Hall–Kier alpha value is -1.68. The molecule has 2 aromatic carbocycles. The van der Waals surface area contributed by atoms with Crippen molar-refractivity contribution < 1.29 is 4.74 Å². The van der Waals surface area contributed by atoms with Gasteiger partial charge in [0.1, 0.15) is 6.10 Å². The van der Waals surface area contributed by atoms with E-state index in [4.69, 9.17) is 4.74 Å². The average molecular weight is 297 g/mol. The summed E-state index contributed by atoms with van der Waals surface area (Å²) in [6.07, 6.45) is -0.0103. The molecule has 1 heterocycles. The second kappa shape index (κ2) is 6.39. The molecule has 0 amide bonds. The van der Waals surface area contributed by atoms with Gasteiger partial charge in [0.05, 0.1) is 6.04 Å². The van der Waals surface area contributed by atoms with Crippen LogP contribution in [0.5, 0.6) is 0 Å². The lowest BCUT2D eigenvalue weighted by atomic mass is 9.95. The van der Waals surface area contributed by atoms with Gasteiger partial charge in [0.25, 0.3) is 0 Å². The van der Waals surface area contributed by atoms with E-state index in [1.165, 1.54) is 21.2 Å². The molecule has 3 aromatic rings. The number of nitrogens with one attached hydrogen (secondary N) is 1. The highest BCUT2D eigenvalue weighted by Gasteiger charge is 2.25. The van der Waals surface area contributed by atoms with E-state index in [1.807, 2.05) is 13.1 Å². The minimum atomic E-state index is -0.0103. The van der Waals surface area contributed by atoms with Crippen molar-refractivity contribution in [3.63, 3.8) is 0 Å². The summed E-state index contributed by atoms with van der Waals surface area (Å²) in [5.74, 6) is 0. The third-order valence-corrected chi connectivity index (χ3v) is 4.82. The van der Waals surface area contributed by atoms with Gasteiger partial charge in [-0.25, -0.2) is 0 Å². The predicted octanol–water partition coefficient (Wildman–Crippen LogP) is 4.55. The van der Waals surface area contributed by atoms with Crippen LogP contribution in [-0.2, 0) is 4.74 Å². The van der Waals surface area contributed by atoms with Gasteiger partial charge in [0, 0.05) is 11.8 Å². The van der Waals surface area contributed by atoms with Crippen LogP contribution in [0.3, 0.4) is 0 Å². The molecule has 3 heteroatoms. The molecule has 3 rings (SSSR count). The molecule has 21 heavy (non-hydrogen) atoms. The minimum Gasteiger partial charge on any atom is -0.375 e. The lowest BCUT2D eigenvalue weighted by molar-refractivity contribution is 0.0707. The van der Waals surface area contributed by atoms with E-state index in [0.717, 1.165) is 0 Å². The Balaban J connectivity index is 2.06. The van der Waals surface area contributed by atoms with Gasteiger partial charge in [-0.05, 0) is 35.0 Å². The van der Waals surface area contributed by atoms with Gasteiger partial charge in [-0.1, -0.05) is 48.5 Å². The zero-order chi connectivity index (χ0) is 14.7. The highest BCUT2D eigenvalue weighted by Crippen LogP contribution is 2.36. The van der Waals surface area contributed by atoms with Gasteiger partial charge < -0.3 is 10.1 Å². The average Bonchev–Trinajstić information content (AvgIpc) is 3.02. The number of rotatable bonds is 5. The highest BCUT2D eigenvalue weighted by atomic mass is 32.1. The molecule has 0 spiro atoms. The fraction of sp³-hybridized carbons (Fsp3) is 0.222. The molecule has 0 aliphatic rings. The third-order valence-electron chi connectivity index (χ3n) is 3.84. The number of fused-ring (bicyclic) bond motifs is 1. The van der Waals surface area contributed by atoms with E-state index in [-0.39, 0.29) is 12.1 Å². The number of thiophene rings is 1. The van der Waals surface area contributed by atoms with Gasteiger partial charge in [-0.15, -0.1) is 11.3 Å². The molecule has 2 atom stereocenters. The SMILES string of the molecule is CNC(c1cccc2ccsc12)C(OC)c1ccccc1. The predicted molar refractivity (Wildman–Crippen MR) is 89.8 cm³/mol. The van der Waals surface area contributed by atoms with Crippen molar-refractivity contribution in [1.82, 2.24) is 5.32 Å². The standard InChI is InChI=1S/C18H19NOS/c1-19-16(17(20-2)13-7-4-3-5-8-13)15-10-6-9-14-11-12-21-18(14)15/h3-12,16-17,19H,1-2H3. The summed E-state index contributed by atoms with van der Waals surface area (Å²) in [6, 6.07) is 19.1. The van der Waals surface area contributed by atoms with Crippen LogP contribution in [0.2, 0.25) is 0 Å². The van der Waals surface area contributed by atoms with Crippen LogP contribution in [-0.4, -0.2) is 14.2 Å². The van der Waals surface area contributed by atoms with Gasteiger partial charge in [0.2, 0.25) is 0 Å². The van der Waals surface area contributed by atoms with Crippen LogP contribution >= 0.6 is 11.3 Å². The molecule has 1 N–H and O–H groups in total. The van der Waals surface area contributed by atoms with Crippen LogP contribution in [0.4, 0.5) is 0 Å². The summed E-state index contributed by atoms with van der Waals surface area (Å²) in [6.45, 7) is 0. The van der Waals surface area contributed by atoms with E-state index in [1.54, 1.807) is 18.4 Å². The summed E-state index contributed by atoms with van der Waals surface area (Å²) >= 11 is 1.79. The van der Waals surface area contributed by atoms with Crippen molar-refractivity contribution in [2.45, 2.75) is 12.1 Å². The van der Waals surface area contributed by atoms with Crippen LogP contribution in [0, 0.1) is 0 Å². The maximum atomic E-state index is 5.81. The molecule has 1 aromatic heterocycles. The maximum absolute atomic E-state index is 5.81. The Kier molecular flexibility index (Phi) is 4.34. The molecule has 0 fully saturated rings. The fourth-order valence-electron chi connectivity index (χ4n) is 2.84. The topological polar surface area (TPSA) is 21.3 Å². The molecule has 0 aliphatic heterocycles. The Morgan fingerprint density at radius 1 is 1.00 bits per heavy atom. The molecule has 0 radical (unpaired) electrons. The summed E-state index contributed by atoms with van der Waals surface area (Å²) in [5, 5.41) is 6.87. The van der Waals surface area contributed by atoms with E-state index in [0.29, 0.717) is 0 Å². The van der Waals surface area contributed by atoms with Gasteiger partial charge >= 0.3 is 0 Å². The van der Waals surface area contributed by atoms with Gasteiger partial charge in [-0.2, -0.15) is 0 Å². The first-order valence-electron chi connectivity index (χ1n) is 7.06. The van der Waals surface area contributed by atoms with E-state index in [9.17, 15) is 0 Å². The minimum absolute atomic E-state index is 0.0103. The second-order valence-corrected chi connectivity index (χ2v) is 5.94. The summed E-state index contributed by atoms with van der Waals surface area (Å²) in [7, 11) is 3.77. The zero-order valence-electron chi connectivity index (χ0n) is 12.2. The quantitative estimate of drug-likeness (QED) is 0.746. The first-order valence-corrected chi connectivity index (χ1v) is 7.94. The third kappa shape index (κ3) is 2.72.